The predicted molar refractivity (Wildman–Crippen MR) is 91.4 cm³/mol. The summed E-state index contributed by atoms with van der Waals surface area (Å²) in [5.74, 6) is 1.74. The molecule has 1 N–H and O–H groups in total. The summed E-state index contributed by atoms with van der Waals surface area (Å²) in [4.78, 5) is 0. The maximum atomic E-state index is 6.28. The lowest BCUT2D eigenvalue weighted by molar-refractivity contribution is 0.0289. The van der Waals surface area contributed by atoms with Crippen molar-refractivity contribution in [1.29, 1.82) is 0 Å². The number of hydrogen-bond acceptors (Lipinski definition) is 3. The van der Waals surface area contributed by atoms with Crippen molar-refractivity contribution in [2.75, 3.05) is 13.7 Å². The Morgan fingerprint density at radius 2 is 2.04 bits per heavy atom. The van der Waals surface area contributed by atoms with Gasteiger partial charge in [-0.1, -0.05) is 17.7 Å². The average Bonchev–Trinajstić information content (AvgIpc) is 3.44. The molecule has 3 aliphatic rings. The maximum absolute atomic E-state index is 6.28. The van der Waals surface area contributed by atoms with Crippen molar-refractivity contribution in [2.24, 2.45) is 5.92 Å². The van der Waals surface area contributed by atoms with Crippen molar-refractivity contribution in [3.05, 3.63) is 41.0 Å². The van der Waals surface area contributed by atoms with Crippen LogP contribution in [0.3, 0.4) is 0 Å². The van der Waals surface area contributed by atoms with Crippen molar-refractivity contribution in [1.82, 2.24) is 5.32 Å². The van der Waals surface area contributed by atoms with Crippen LogP contribution in [0.15, 0.2) is 35.4 Å². The smallest absolute Gasteiger partial charge is 0.131 e. The number of nitrogens with one attached hydrogen (secondary N) is 1. The van der Waals surface area contributed by atoms with Crippen LogP contribution in [-0.2, 0) is 4.74 Å². The molecule has 0 spiro atoms. The molecular formula is C20H27NO2. The summed E-state index contributed by atoms with van der Waals surface area (Å²) in [6.07, 6.45) is 9.04. The van der Waals surface area contributed by atoms with E-state index >= 15 is 0 Å². The summed E-state index contributed by atoms with van der Waals surface area (Å²) in [6, 6.07) is 8.79. The molecule has 1 aromatic carbocycles. The third-order valence-corrected chi connectivity index (χ3v) is 5.44. The second-order valence-electron chi connectivity index (χ2n) is 7.19. The summed E-state index contributed by atoms with van der Waals surface area (Å²) < 4.78 is 11.7. The Morgan fingerprint density at radius 1 is 1.17 bits per heavy atom. The lowest BCUT2D eigenvalue weighted by Gasteiger charge is -2.37. The van der Waals surface area contributed by atoms with E-state index < -0.39 is 0 Å². The van der Waals surface area contributed by atoms with E-state index in [1.54, 1.807) is 18.3 Å². The molecule has 0 aromatic heterocycles. The minimum absolute atomic E-state index is 0.121. The number of methoxy groups -OCH3 is 1. The van der Waals surface area contributed by atoms with Crippen molar-refractivity contribution in [3.8, 4) is 5.75 Å². The van der Waals surface area contributed by atoms with E-state index in [-0.39, 0.29) is 6.23 Å². The first-order valence-electron chi connectivity index (χ1n) is 9.06. The fourth-order valence-electron chi connectivity index (χ4n) is 3.87. The van der Waals surface area contributed by atoms with Gasteiger partial charge in [0.15, 0.2) is 0 Å². The van der Waals surface area contributed by atoms with E-state index in [4.69, 9.17) is 9.47 Å². The molecule has 3 heteroatoms. The molecule has 2 aliphatic carbocycles. The Labute approximate surface area is 139 Å². The van der Waals surface area contributed by atoms with Crippen LogP contribution in [0.5, 0.6) is 5.75 Å². The van der Waals surface area contributed by atoms with E-state index in [1.807, 2.05) is 6.07 Å². The fraction of sp³-hybridized carbons (Fsp3) is 0.600. The quantitative estimate of drug-likeness (QED) is 0.820. The zero-order valence-electron chi connectivity index (χ0n) is 14.0. The average molecular weight is 313 g/mol. The first-order valence-corrected chi connectivity index (χ1v) is 9.06. The van der Waals surface area contributed by atoms with Crippen LogP contribution in [0.25, 0.3) is 0 Å². The molecule has 1 heterocycles. The van der Waals surface area contributed by atoms with E-state index in [0.717, 1.165) is 24.7 Å². The molecule has 0 amide bonds. The molecule has 0 unspecified atom stereocenters. The van der Waals surface area contributed by atoms with Crippen LogP contribution in [0.2, 0.25) is 0 Å². The van der Waals surface area contributed by atoms with Crippen LogP contribution in [0, 0.1) is 5.92 Å². The summed E-state index contributed by atoms with van der Waals surface area (Å²) in [5.41, 5.74) is 4.50. The molecule has 1 fully saturated rings. The largest absolute Gasteiger partial charge is 0.497 e. The number of ether oxygens (including phenoxy) is 2. The highest BCUT2D eigenvalue weighted by Crippen LogP contribution is 2.39. The summed E-state index contributed by atoms with van der Waals surface area (Å²) >= 11 is 0. The minimum atomic E-state index is 0.121. The van der Waals surface area contributed by atoms with Crippen LogP contribution in [0.1, 0.15) is 56.6 Å². The minimum Gasteiger partial charge on any atom is -0.497 e. The number of benzene rings is 1. The zero-order chi connectivity index (χ0) is 15.6. The molecule has 23 heavy (non-hydrogen) atoms. The van der Waals surface area contributed by atoms with Gasteiger partial charge in [-0.15, -0.1) is 0 Å². The molecule has 4 rings (SSSR count). The highest BCUT2D eigenvalue weighted by molar-refractivity contribution is 5.34. The third kappa shape index (κ3) is 3.46. The summed E-state index contributed by atoms with van der Waals surface area (Å²) in [5, 5.41) is 3.77. The first kappa shape index (κ1) is 15.2. The molecule has 3 nitrogen and oxygen atoms in total. The second-order valence-corrected chi connectivity index (χ2v) is 7.19. The van der Waals surface area contributed by atoms with Gasteiger partial charge in [-0.3, -0.25) is 5.32 Å². The molecule has 1 aromatic rings. The second kappa shape index (κ2) is 6.66. The van der Waals surface area contributed by atoms with Crippen LogP contribution < -0.4 is 10.1 Å². The van der Waals surface area contributed by atoms with E-state index in [1.165, 1.54) is 44.1 Å². The van der Waals surface area contributed by atoms with Crippen molar-refractivity contribution in [3.63, 3.8) is 0 Å². The van der Waals surface area contributed by atoms with Gasteiger partial charge < -0.3 is 9.47 Å². The Morgan fingerprint density at radius 3 is 2.87 bits per heavy atom. The molecule has 124 valence electrons. The number of hydrogen-bond donors (Lipinski definition) is 1. The lowest BCUT2D eigenvalue weighted by Crippen LogP contribution is -2.42. The third-order valence-electron chi connectivity index (χ3n) is 5.44. The molecule has 0 radical (unpaired) electrons. The van der Waals surface area contributed by atoms with E-state index in [2.05, 4.69) is 23.5 Å². The Hall–Kier alpha value is -1.32. The molecular weight excluding hydrogens is 286 g/mol. The van der Waals surface area contributed by atoms with Gasteiger partial charge in [0.05, 0.1) is 13.7 Å². The molecule has 0 bridgehead atoms. The summed E-state index contributed by atoms with van der Waals surface area (Å²) in [7, 11) is 1.73. The number of rotatable bonds is 5. The highest BCUT2D eigenvalue weighted by Gasteiger charge is 2.32. The molecule has 1 saturated carbocycles. The maximum Gasteiger partial charge on any atom is 0.131 e. The SMILES string of the molecule is COc1cccc([C@@H]2CC3=C(CCCC3)[C@@H](OCC3CC3)N2)c1. The van der Waals surface area contributed by atoms with Gasteiger partial charge in [0.2, 0.25) is 0 Å². The van der Waals surface area contributed by atoms with E-state index in [0.29, 0.717) is 6.04 Å². The Bertz CT molecular complexity index is 591. The fourth-order valence-corrected chi connectivity index (χ4v) is 3.87. The monoisotopic (exact) mass is 313 g/mol. The molecule has 2 atom stereocenters. The van der Waals surface area contributed by atoms with Gasteiger partial charge in [0.25, 0.3) is 0 Å². The topological polar surface area (TPSA) is 30.5 Å². The lowest BCUT2D eigenvalue weighted by atomic mass is 9.82. The van der Waals surface area contributed by atoms with Gasteiger partial charge in [0, 0.05) is 6.04 Å². The predicted octanol–water partition coefficient (Wildman–Crippen LogP) is 4.35. The summed E-state index contributed by atoms with van der Waals surface area (Å²) in [6.45, 7) is 0.916. The van der Waals surface area contributed by atoms with Gasteiger partial charge in [-0.2, -0.15) is 0 Å². The zero-order valence-corrected chi connectivity index (χ0v) is 14.0. The van der Waals surface area contributed by atoms with Crippen molar-refractivity contribution in [2.45, 2.75) is 57.2 Å². The van der Waals surface area contributed by atoms with E-state index in [9.17, 15) is 0 Å². The van der Waals surface area contributed by atoms with Crippen LogP contribution in [-0.4, -0.2) is 19.9 Å². The molecule has 1 aliphatic heterocycles. The highest BCUT2D eigenvalue weighted by atomic mass is 16.5. The van der Waals surface area contributed by atoms with Gasteiger partial charge in [0.1, 0.15) is 12.0 Å². The van der Waals surface area contributed by atoms with Crippen molar-refractivity contribution < 1.29 is 9.47 Å². The Balaban J connectivity index is 1.55. The normalized spacial score (nSPS) is 27.7. The standard InChI is InChI=1S/C20H27NO2/c1-22-17-7-4-6-16(11-17)19-12-15-5-2-3-8-18(15)20(21-19)23-13-14-9-10-14/h4,6-7,11,14,19-21H,2-3,5,8-10,12-13H2,1H3/t19-,20+/m0/s1. The van der Waals surface area contributed by atoms with Gasteiger partial charge in [-0.05, 0) is 74.1 Å². The van der Waals surface area contributed by atoms with Gasteiger partial charge in [-0.25, -0.2) is 0 Å². The van der Waals surface area contributed by atoms with Gasteiger partial charge >= 0.3 is 0 Å². The Kier molecular flexibility index (Phi) is 4.41. The molecule has 0 saturated heterocycles. The first-order chi connectivity index (χ1) is 11.3. The van der Waals surface area contributed by atoms with Crippen molar-refractivity contribution >= 4 is 0 Å². The van der Waals surface area contributed by atoms with Crippen LogP contribution >= 0.6 is 0 Å². The van der Waals surface area contributed by atoms with Crippen LogP contribution in [0.4, 0.5) is 0 Å².